The number of piperazine rings is 1. The van der Waals surface area contributed by atoms with Gasteiger partial charge in [0.15, 0.2) is 0 Å². The fourth-order valence-electron chi connectivity index (χ4n) is 3.92. The van der Waals surface area contributed by atoms with E-state index in [0.29, 0.717) is 22.5 Å². The third-order valence-electron chi connectivity index (χ3n) is 5.63. The van der Waals surface area contributed by atoms with E-state index in [1.54, 1.807) is 37.6 Å². The Labute approximate surface area is 179 Å². The van der Waals surface area contributed by atoms with Gasteiger partial charge in [-0.15, -0.1) is 0 Å². The first-order valence-corrected chi connectivity index (χ1v) is 10.6. The molecule has 0 N–H and O–H groups in total. The number of unbranched alkanes of at least 4 members (excludes halogenated alkanes) is 1. The molecule has 3 aromatic rings. The van der Waals surface area contributed by atoms with Gasteiger partial charge in [0.05, 0.1) is 10.9 Å². The van der Waals surface area contributed by atoms with E-state index in [1.165, 1.54) is 9.13 Å². The molecule has 8 nitrogen and oxygen atoms in total. The molecule has 30 heavy (non-hydrogen) atoms. The van der Waals surface area contributed by atoms with Gasteiger partial charge in [-0.05, 0) is 43.7 Å². The van der Waals surface area contributed by atoms with Crippen LogP contribution < -0.4 is 16.1 Å². The average molecular weight is 429 g/mol. The van der Waals surface area contributed by atoms with Crippen LogP contribution >= 0.6 is 11.6 Å². The molecule has 0 atom stereocenters. The molecule has 0 aliphatic carbocycles. The lowest BCUT2D eigenvalue weighted by atomic mass is 10.2. The molecule has 2 aromatic heterocycles. The van der Waals surface area contributed by atoms with Gasteiger partial charge in [0.2, 0.25) is 5.95 Å². The van der Waals surface area contributed by atoms with Crippen LogP contribution in [-0.4, -0.2) is 56.7 Å². The van der Waals surface area contributed by atoms with Gasteiger partial charge in [0.25, 0.3) is 5.56 Å². The van der Waals surface area contributed by atoms with E-state index in [-0.39, 0.29) is 11.2 Å². The van der Waals surface area contributed by atoms with Crippen molar-refractivity contribution in [1.82, 2.24) is 24.0 Å². The second-order valence-corrected chi connectivity index (χ2v) is 7.98. The van der Waals surface area contributed by atoms with E-state index in [2.05, 4.69) is 19.8 Å². The van der Waals surface area contributed by atoms with Crippen LogP contribution in [-0.2, 0) is 13.6 Å². The van der Waals surface area contributed by atoms with Crippen molar-refractivity contribution in [2.45, 2.75) is 19.4 Å². The van der Waals surface area contributed by atoms with Gasteiger partial charge in [0.1, 0.15) is 0 Å². The molecule has 158 valence electrons. The normalized spacial score (nSPS) is 15.1. The summed E-state index contributed by atoms with van der Waals surface area (Å²) < 4.78 is 2.83. The fourth-order valence-corrected chi connectivity index (χ4v) is 4.09. The summed E-state index contributed by atoms with van der Waals surface area (Å²) in [6, 6.07) is 6.86. The molecule has 1 aliphatic rings. The van der Waals surface area contributed by atoms with Crippen LogP contribution in [0.4, 0.5) is 5.95 Å². The number of nitrogens with zero attached hydrogens (tertiary/aromatic N) is 6. The number of rotatable bonds is 6. The lowest BCUT2D eigenvalue weighted by Gasteiger charge is -2.34. The molecule has 0 radical (unpaired) electrons. The third-order valence-corrected chi connectivity index (χ3v) is 5.86. The molecular weight excluding hydrogens is 404 g/mol. The van der Waals surface area contributed by atoms with Gasteiger partial charge in [-0.2, -0.15) is 0 Å². The highest BCUT2D eigenvalue weighted by molar-refractivity contribution is 6.31. The van der Waals surface area contributed by atoms with E-state index >= 15 is 0 Å². The van der Waals surface area contributed by atoms with Gasteiger partial charge in [-0.1, -0.05) is 11.6 Å². The molecule has 0 unspecified atom stereocenters. The van der Waals surface area contributed by atoms with Crippen molar-refractivity contribution in [2.24, 2.45) is 7.05 Å². The molecule has 0 saturated carbocycles. The molecule has 9 heteroatoms. The van der Waals surface area contributed by atoms with Crippen LogP contribution in [0.1, 0.15) is 12.8 Å². The number of halogens is 1. The van der Waals surface area contributed by atoms with Gasteiger partial charge in [0, 0.05) is 57.2 Å². The van der Waals surface area contributed by atoms with Crippen molar-refractivity contribution in [3.63, 3.8) is 0 Å². The molecule has 0 spiro atoms. The van der Waals surface area contributed by atoms with Crippen LogP contribution in [0.3, 0.4) is 0 Å². The summed E-state index contributed by atoms with van der Waals surface area (Å²) in [5.41, 5.74) is 0.0456. The van der Waals surface area contributed by atoms with Crippen molar-refractivity contribution in [2.75, 3.05) is 37.6 Å². The Hall–Kier alpha value is -2.71. The minimum Gasteiger partial charge on any atom is -0.338 e. The summed E-state index contributed by atoms with van der Waals surface area (Å²) >= 11 is 6.04. The zero-order chi connectivity index (χ0) is 21.1. The number of anilines is 1. The number of benzene rings is 1. The van der Waals surface area contributed by atoms with Gasteiger partial charge in [-0.3, -0.25) is 18.8 Å². The zero-order valence-corrected chi connectivity index (χ0v) is 17.8. The number of hydrogen-bond acceptors (Lipinski definition) is 6. The van der Waals surface area contributed by atoms with Gasteiger partial charge < -0.3 is 4.90 Å². The van der Waals surface area contributed by atoms with E-state index in [1.807, 2.05) is 6.07 Å². The Bertz CT molecular complexity index is 1140. The van der Waals surface area contributed by atoms with E-state index < -0.39 is 0 Å². The standard InChI is InChI=1S/C21H25ClN6O2/c1-25-18-6-5-16(22)15-17(18)19(29)28(21(25)30)10-3-2-9-26-11-13-27(14-12-26)20-23-7-4-8-24-20/h4-8,15H,2-3,9-14H2,1H3. The molecule has 1 aromatic carbocycles. The first-order valence-electron chi connectivity index (χ1n) is 10.2. The van der Waals surface area contributed by atoms with Crippen LogP contribution in [0, 0.1) is 0 Å². The van der Waals surface area contributed by atoms with Crippen molar-refractivity contribution in [1.29, 1.82) is 0 Å². The summed E-state index contributed by atoms with van der Waals surface area (Å²) in [7, 11) is 1.68. The summed E-state index contributed by atoms with van der Waals surface area (Å²) in [5.74, 6) is 0.781. The Morgan fingerprint density at radius 1 is 1.00 bits per heavy atom. The van der Waals surface area contributed by atoms with Crippen LogP contribution in [0.25, 0.3) is 10.9 Å². The summed E-state index contributed by atoms with van der Waals surface area (Å²) in [5, 5.41) is 0.966. The lowest BCUT2D eigenvalue weighted by Crippen LogP contribution is -2.47. The smallest absolute Gasteiger partial charge is 0.331 e. The largest absolute Gasteiger partial charge is 0.338 e. The Balaban J connectivity index is 1.33. The maximum atomic E-state index is 12.8. The second kappa shape index (κ2) is 8.97. The zero-order valence-electron chi connectivity index (χ0n) is 17.0. The first kappa shape index (κ1) is 20.6. The van der Waals surface area contributed by atoms with Crippen molar-refractivity contribution >= 4 is 28.5 Å². The van der Waals surface area contributed by atoms with Crippen LogP contribution in [0.15, 0.2) is 46.2 Å². The highest BCUT2D eigenvalue weighted by atomic mass is 35.5. The van der Waals surface area contributed by atoms with Crippen LogP contribution in [0.2, 0.25) is 5.02 Å². The van der Waals surface area contributed by atoms with Crippen molar-refractivity contribution in [3.8, 4) is 0 Å². The van der Waals surface area contributed by atoms with Gasteiger partial charge in [-0.25, -0.2) is 14.8 Å². The molecular formula is C21H25ClN6O2. The fraction of sp³-hybridized carbons (Fsp3) is 0.429. The van der Waals surface area contributed by atoms with Gasteiger partial charge >= 0.3 is 5.69 Å². The molecule has 1 fully saturated rings. The molecule has 0 bridgehead atoms. The molecule has 4 rings (SSSR count). The van der Waals surface area contributed by atoms with Crippen LogP contribution in [0.5, 0.6) is 0 Å². The average Bonchev–Trinajstić information content (AvgIpc) is 2.78. The monoisotopic (exact) mass is 428 g/mol. The minimum atomic E-state index is -0.286. The summed E-state index contributed by atoms with van der Waals surface area (Å²) in [6.07, 6.45) is 5.22. The maximum Gasteiger partial charge on any atom is 0.331 e. The number of fused-ring (bicyclic) bond motifs is 1. The predicted octanol–water partition coefficient (Wildman–Crippen LogP) is 1.75. The van der Waals surface area contributed by atoms with Crippen molar-refractivity contribution in [3.05, 3.63) is 62.5 Å². The lowest BCUT2D eigenvalue weighted by molar-refractivity contribution is 0.250. The number of hydrogen-bond donors (Lipinski definition) is 0. The number of aromatic nitrogens is 4. The molecule has 3 heterocycles. The predicted molar refractivity (Wildman–Crippen MR) is 118 cm³/mol. The Morgan fingerprint density at radius 2 is 1.70 bits per heavy atom. The summed E-state index contributed by atoms with van der Waals surface area (Å²) in [4.78, 5) is 38.6. The topological polar surface area (TPSA) is 76.3 Å². The Kier molecular flexibility index (Phi) is 6.15. The second-order valence-electron chi connectivity index (χ2n) is 7.54. The van der Waals surface area contributed by atoms with E-state index in [9.17, 15) is 9.59 Å². The quantitative estimate of drug-likeness (QED) is 0.557. The highest BCUT2D eigenvalue weighted by Crippen LogP contribution is 2.15. The van der Waals surface area contributed by atoms with Crippen molar-refractivity contribution < 1.29 is 0 Å². The highest BCUT2D eigenvalue weighted by Gasteiger charge is 2.18. The summed E-state index contributed by atoms with van der Waals surface area (Å²) in [6.45, 7) is 5.05. The molecule has 0 amide bonds. The minimum absolute atomic E-state index is 0.271. The SMILES string of the molecule is Cn1c(=O)n(CCCCN2CCN(c3ncccn3)CC2)c(=O)c2cc(Cl)ccc21. The maximum absolute atomic E-state index is 12.8. The third kappa shape index (κ3) is 4.24. The molecule has 1 aliphatic heterocycles. The Morgan fingerprint density at radius 3 is 2.43 bits per heavy atom. The number of aryl methyl sites for hydroxylation is 1. The van der Waals surface area contributed by atoms with E-state index in [0.717, 1.165) is 51.5 Å². The molecule has 1 saturated heterocycles. The first-order chi connectivity index (χ1) is 14.5. The van der Waals surface area contributed by atoms with E-state index in [4.69, 9.17) is 11.6 Å².